The van der Waals surface area contributed by atoms with Gasteiger partial charge < -0.3 is 25.8 Å². The Bertz CT molecular complexity index is 2110. The molecule has 0 bridgehead atoms. The molecule has 49 heavy (non-hydrogen) atoms. The van der Waals surface area contributed by atoms with Crippen LogP contribution in [0.4, 0.5) is 22.9 Å². The molecule has 0 radical (unpaired) electrons. The second-order valence-electron chi connectivity index (χ2n) is 12.5. The Morgan fingerprint density at radius 3 is 2.47 bits per heavy atom. The van der Waals surface area contributed by atoms with E-state index in [1.807, 2.05) is 36.1 Å². The molecule has 4 aromatic rings. The van der Waals surface area contributed by atoms with Gasteiger partial charge in [0, 0.05) is 50.3 Å². The first-order valence-corrected chi connectivity index (χ1v) is 17.8. The quantitative estimate of drug-likeness (QED) is 0.235. The lowest BCUT2D eigenvalue weighted by atomic mass is 9.93. The van der Waals surface area contributed by atoms with Gasteiger partial charge in [-0.15, -0.1) is 10.2 Å². The number of likely N-dealkylation sites (tertiary alicyclic amines) is 1. The lowest BCUT2D eigenvalue weighted by molar-refractivity contribution is -0.117. The number of benzene rings is 1. The highest BCUT2D eigenvalue weighted by atomic mass is 32.2. The monoisotopic (exact) mass is 684 g/mol. The van der Waals surface area contributed by atoms with E-state index in [1.54, 1.807) is 24.0 Å². The Hall–Kier alpha value is -5.38. The molecule has 1 saturated carbocycles. The molecule has 1 saturated heterocycles. The van der Waals surface area contributed by atoms with Crippen LogP contribution < -0.4 is 20.9 Å². The number of nitrogens with zero attached hydrogens (tertiary/aromatic N) is 7. The molecule has 3 N–H and O–H groups in total. The minimum atomic E-state index is -3.54. The number of pyridine rings is 1. The Morgan fingerprint density at radius 2 is 1.76 bits per heavy atom. The minimum absolute atomic E-state index is 0.0208. The summed E-state index contributed by atoms with van der Waals surface area (Å²) in [6.07, 6.45) is 3.52. The molecule has 7 rings (SSSR count). The summed E-state index contributed by atoms with van der Waals surface area (Å²) in [5.41, 5.74) is 5.07. The molecule has 1 aromatic carbocycles. The third-order valence-corrected chi connectivity index (χ3v) is 11.0. The molecule has 0 spiro atoms. The van der Waals surface area contributed by atoms with E-state index < -0.39 is 15.7 Å². The van der Waals surface area contributed by atoms with Crippen molar-refractivity contribution in [3.8, 4) is 11.1 Å². The Morgan fingerprint density at radius 1 is 1.00 bits per heavy atom. The van der Waals surface area contributed by atoms with Crippen molar-refractivity contribution in [2.45, 2.75) is 43.8 Å². The van der Waals surface area contributed by atoms with Crippen molar-refractivity contribution >= 4 is 50.4 Å². The van der Waals surface area contributed by atoms with Gasteiger partial charge in [-0.25, -0.2) is 13.4 Å². The molecule has 3 amide bonds. The average Bonchev–Trinajstić information content (AvgIpc) is 3.85. The Labute approximate surface area is 283 Å². The van der Waals surface area contributed by atoms with Crippen molar-refractivity contribution in [2.75, 3.05) is 48.5 Å². The minimum Gasteiger partial charge on any atom is -0.364 e. The van der Waals surface area contributed by atoms with Crippen LogP contribution in [-0.4, -0.2) is 88.9 Å². The standard InChI is InChI=1S/C33H36N10O5S/c1-5-49(47,48)27-11-7-10-24(37-27)33(46)42-16-20(17-42)43-29-18(2)41(4)30-21(22(29)15-35-43)8-6-9-23(30)36-25-14-26(38-31(44)19-12-13-19)39-40-28(25)32(45)34-3/h6-11,14-15,18-20H,5,12-13,16-17H2,1-4H3,(H,34,45)(H2,36,38,39,44). The number of fused-ring (bicyclic) bond motifs is 3. The molecule has 5 heterocycles. The number of amides is 3. The number of anilines is 4. The van der Waals surface area contributed by atoms with Gasteiger partial charge in [0.15, 0.2) is 26.4 Å². The topological polar surface area (TPSA) is 184 Å². The van der Waals surface area contributed by atoms with Crippen LogP contribution in [0, 0.1) is 5.92 Å². The highest BCUT2D eigenvalue weighted by Gasteiger charge is 2.39. The van der Waals surface area contributed by atoms with Crippen LogP contribution in [0.5, 0.6) is 0 Å². The highest BCUT2D eigenvalue weighted by molar-refractivity contribution is 7.91. The van der Waals surface area contributed by atoms with Gasteiger partial charge in [0.25, 0.3) is 11.8 Å². The van der Waals surface area contributed by atoms with Crippen molar-refractivity contribution in [3.63, 3.8) is 0 Å². The normalized spacial score (nSPS) is 17.1. The maximum atomic E-state index is 13.2. The van der Waals surface area contributed by atoms with Crippen LogP contribution in [0.25, 0.3) is 11.1 Å². The summed E-state index contributed by atoms with van der Waals surface area (Å²) in [5.74, 6) is -0.728. The Balaban J connectivity index is 1.15. The van der Waals surface area contributed by atoms with Gasteiger partial charge in [0.1, 0.15) is 5.69 Å². The maximum Gasteiger partial charge on any atom is 0.273 e. The summed E-state index contributed by atoms with van der Waals surface area (Å²) < 4.78 is 26.6. The summed E-state index contributed by atoms with van der Waals surface area (Å²) in [7, 11) is -0.0387. The lowest BCUT2D eigenvalue weighted by Crippen LogP contribution is -2.52. The first-order valence-electron chi connectivity index (χ1n) is 16.1. The number of nitrogens with one attached hydrogen (secondary N) is 3. The lowest BCUT2D eigenvalue weighted by Gasteiger charge is -2.42. The van der Waals surface area contributed by atoms with Gasteiger partial charge in [-0.1, -0.05) is 25.1 Å². The van der Waals surface area contributed by atoms with Crippen LogP contribution in [-0.2, 0) is 14.6 Å². The van der Waals surface area contributed by atoms with E-state index >= 15 is 0 Å². The van der Waals surface area contributed by atoms with Crippen LogP contribution in [0.15, 0.2) is 53.7 Å². The third-order valence-electron chi connectivity index (χ3n) is 9.33. The summed E-state index contributed by atoms with van der Waals surface area (Å²) in [6, 6.07) is 11.8. The fraction of sp³-hybridized carbons (Fsp3) is 0.364. The number of rotatable bonds is 9. The second-order valence-corrected chi connectivity index (χ2v) is 14.7. The van der Waals surface area contributed by atoms with Crippen molar-refractivity contribution in [3.05, 3.63) is 65.7 Å². The van der Waals surface area contributed by atoms with E-state index in [-0.39, 0.29) is 57.8 Å². The number of carbonyl (C=O) groups excluding carboxylic acids is 3. The molecule has 1 unspecified atom stereocenters. The molecule has 1 atom stereocenters. The molecule has 254 valence electrons. The molecular formula is C33H36N10O5S. The predicted octanol–water partition coefficient (Wildman–Crippen LogP) is 3.19. The fourth-order valence-electron chi connectivity index (χ4n) is 6.25. The van der Waals surface area contributed by atoms with Gasteiger partial charge in [-0.3, -0.25) is 19.1 Å². The van der Waals surface area contributed by atoms with Gasteiger partial charge in [0.05, 0.1) is 46.8 Å². The van der Waals surface area contributed by atoms with Crippen molar-refractivity contribution in [1.29, 1.82) is 0 Å². The number of sulfone groups is 1. The summed E-state index contributed by atoms with van der Waals surface area (Å²) in [5, 5.41) is 21.7. The second kappa shape index (κ2) is 12.3. The summed E-state index contributed by atoms with van der Waals surface area (Å²) >= 11 is 0. The third kappa shape index (κ3) is 5.75. The molecule has 3 aliphatic rings. The van der Waals surface area contributed by atoms with E-state index in [4.69, 9.17) is 5.10 Å². The van der Waals surface area contributed by atoms with E-state index in [2.05, 4.69) is 43.0 Å². The van der Waals surface area contributed by atoms with E-state index in [0.717, 1.165) is 41.0 Å². The van der Waals surface area contributed by atoms with Crippen molar-refractivity contribution < 1.29 is 22.8 Å². The molecular weight excluding hydrogens is 648 g/mol. The molecule has 2 aliphatic heterocycles. The zero-order chi connectivity index (χ0) is 34.6. The van der Waals surface area contributed by atoms with Gasteiger partial charge in [-0.2, -0.15) is 5.10 Å². The zero-order valence-electron chi connectivity index (χ0n) is 27.5. The van der Waals surface area contributed by atoms with Gasteiger partial charge in [-0.05, 0) is 38.0 Å². The highest BCUT2D eigenvalue weighted by Crippen LogP contribution is 2.49. The van der Waals surface area contributed by atoms with Gasteiger partial charge >= 0.3 is 0 Å². The van der Waals surface area contributed by atoms with Crippen molar-refractivity contribution in [2.24, 2.45) is 5.92 Å². The average molecular weight is 685 g/mol. The largest absolute Gasteiger partial charge is 0.364 e. The SMILES string of the molecule is CCS(=O)(=O)c1cccc(C(=O)N2CC(n3ncc4c3C(C)N(C)c3c(Nc5cc(NC(=O)C6CC6)nnc5C(=O)NC)cccc3-4)C2)n1. The number of hydrogen-bond acceptors (Lipinski definition) is 11. The zero-order valence-corrected chi connectivity index (χ0v) is 28.3. The first kappa shape index (κ1) is 32.2. The van der Waals surface area contributed by atoms with Crippen LogP contribution >= 0.6 is 0 Å². The molecule has 3 aromatic heterocycles. The van der Waals surface area contributed by atoms with Gasteiger partial charge in [0.2, 0.25) is 5.91 Å². The van der Waals surface area contributed by atoms with Crippen molar-refractivity contribution in [1.82, 2.24) is 35.2 Å². The van der Waals surface area contributed by atoms with E-state index in [9.17, 15) is 22.8 Å². The van der Waals surface area contributed by atoms with E-state index in [1.165, 1.54) is 19.2 Å². The van der Waals surface area contributed by atoms with E-state index in [0.29, 0.717) is 18.8 Å². The fourth-order valence-corrected chi connectivity index (χ4v) is 7.07. The summed E-state index contributed by atoms with van der Waals surface area (Å²) in [4.78, 5) is 46.3. The van der Waals surface area contributed by atoms with Crippen LogP contribution in [0.2, 0.25) is 0 Å². The first-order chi connectivity index (χ1) is 23.5. The number of aromatic nitrogens is 5. The number of carbonyl (C=O) groups is 3. The predicted molar refractivity (Wildman–Crippen MR) is 181 cm³/mol. The van der Waals surface area contributed by atoms with Crippen LogP contribution in [0.1, 0.15) is 65.4 Å². The molecule has 2 fully saturated rings. The molecule has 15 nitrogen and oxygen atoms in total. The Kier molecular flexibility index (Phi) is 8.05. The molecule has 16 heteroatoms. The number of para-hydroxylation sites is 1. The smallest absolute Gasteiger partial charge is 0.273 e. The molecule has 1 aliphatic carbocycles. The number of hydrogen-bond donors (Lipinski definition) is 3. The van der Waals surface area contributed by atoms with Crippen LogP contribution in [0.3, 0.4) is 0 Å². The summed E-state index contributed by atoms with van der Waals surface area (Å²) in [6.45, 7) is 4.43. The maximum absolute atomic E-state index is 13.2.